The molecule has 58 valence electrons. The lowest BCUT2D eigenvalue weighted by atomic mass is 10.3. The third kappa shape index (κ3) is 1.68. The topological polar surface area (TPSA) is 83.0 Å². The Morgan fingerprint density at radius 1 is 1.73 bits per heavy atom. The number of aromatic nitrogens is 1. The molecule has 0 bridgehead atoms. The number of halogens is 1. The van der Waals surface area contributed by atoms with Crippen LogP contribution in [0, 0.1) is 5.41 Å². The highest BCUT2D eigenvalue weighted by Gasteiger charge is 2.04. The van der Waals surface area contributed by atoms with Gasteiger partial charge in [-0.1, -0.05) is 0 Å². The van der Waals surface area contributed by atoms with Crippen molar-refractivity contribution in [3.05, 3.63) is 22.4 Å². The van der Waals surface area contributed by atoms with Crippen molar-refractivity contribution in [3.8, 4) is 5.75 Å². The van der Waals surface area contributed by atoms with E-state index < -0.39 is 0 Å². The summed E-state index contributed by atoms with van der Waals surface area (Å²) in [6.45, 7) is 0. The molecule has 0 aliphatic carbocycles. The lowest BCUT2D eigenvalue weighted by Crippen LogP contribution is -2.12. The molecule has 1 aromatic rings. The molecule has 11 heavy (non-hydrogen) atoms. The highest BCUT2D eigenvalue weighted by atomic mass is 79.9. The highest BCUT2D eigenvalue weighted by molar-refractivity contribution is 9.10. The summed E-state index contributed by atoms with van der Waals surface area (Å²) < 4.78 is 0.653. The number of aromatic hydroxyl groups is 1. The van der Waals surface area contributed by atoms with Gasteiger partial charge in [-0.15, -0.1) is 0 Å². The van der Waals surface area contributed by atoms with Gasteiger partial charge in [-0.25, -0.2) is 4.98 Å². The lowest BCUT2D eigenvalue weighted by Gasteiger charge is -1.99. The van der Waals surface area contributed by atoms with Crippen molar-refractivity contribution < 1.29 is 5.11 Å². The molecule has 0 saturated heterocycles. The van der Waals surface area contributed by atoms with Gasteiger partial charge < -0.3 is 10.8 Å². The van der Waals surface area contributed by atoms with E-state index in [1.54, 1.807) is 0 Å². The molecule has 0 aromatic carbocycles. The van der Waals surface area contributed by atoms with Crippen LogP contribution in [0.15, 0.2) is 16.7 Å². The fourth-order valence-corrected chi connectivity index (χ4v) is 0.955. The van der Waals surface area contributed by atoms with Crippen LogP contribution in [0.1, 0.15) is 5.69 Å². The second-order valence-corrected chi connectivity index (χ2v) is 2.85. The number of nitrogens with two attached hydrogens (primary N) is 1. The van der Waals surface area contributed by atoms with Crippen molar-refractivity contribution in [2.24, 2.45) is 5.73 Å². The Morgan fingerprint density at radius 2 is 2.36 bits per heavy atom. The zero-order chi connectivity index (χ0) is 8.43. The molecule has 1 heterocycles. The average molecular weight is 216 g/mol. The molecule has 5 heteroatoms. The third-order valence-electron chi connectivity index (χ3n) is 1.09. The second kappa shape index (κ2) is 2.87. The predicted molar refractivity (Wildman–Crippen MR) is 44.6 cm³/mol. The fraction of sp³-hybridized carbons (Fsp3) is 0. The van der Waals surface area contributed by atoms with E-state index in [1.165, 1.54) is 12.3 Å². The molecule has 0 unspecified atom stereocenters. The van der Waals surface area contributed by atoms with Crippen LogP contribution in [0.3, 0.4) is 0 Å². The zero-order valence-corrected chi connectivity index (χ0v) is 7.09. The molecule has 0 saturated carbocycles. The standard InChI is InChI=1S/C6H6BrN3O/c7-3-1-4(11)5(6(8)9)10-2-3/h1-2,11H,(H3,8,9). The van der Waals surface area contributed by atoms with Crippen LogP contribution in [-0.2, 0) is 0 Å². The Bertz CT molecular complexity index is 300. The Balaban J connectivity index is 3.20. The van der Waals surface area contributed by atoms with Gasteiger partial charge in [-0.05, 0) is 22.0 Å². The van der Waals surface area contributed by atoms with E-state index in [0.717, 1.165) is 0 Å². The molecular weight excluding hydrogens is 210 g/mol. The summed E-state index contributed by atoms with van der Waals surface area (Å²) in [4.78, 5) is 3.73. The largest absolute Gasteiger partial charge is 0.505 e. The number of hydrogen-bond donors (Lipinski definition) is 3. The molecule has 1 aromatic heterocycles. The maximum atomic E-state index is 9.15. The van der Waals surface area contributed by atoms with E-state index in [9.17, 15) is 0 Å². The van der Waals surface area contributed by atoms with Gasteiger partial charge in [-0.2, -0.15) is 0 Å². The van der Waals surface area contributed by atoms with Crippen LogP contribution < -0.4 is 5.73 Å². The van der Waals surface area contributed by atoms with Crippen molar-refractivity contribution in [1.29, 1.82) is 5.41 Å². The normalized spacial score (nSPS) is 9.55. The number of pyridine rings is 1. The van der Waals surface area contributed by atoms with Gasteiger partial charge in [-0.3, -0.25) is 5.41 Å². The van der Waals surface area contributed by atoms with E-state index >= 15 is 0 Å². The van der Waals surface area contributed by atoms with Crippen molar-refractivity contribution in [3.63, 3.8) is 0 Å². The van der Waals surface area contributed by atoms with E-state index in [0.29, 0.717) is 4.47 Å². The smallest absolute Gasteiger partial charge is 0.146 e. The minimum absolute atomic E-state index is 0.0909. The van der Waals surface area contributed by atoms with Crippen LogP contribution in [0.4, 0.5) is 0 Å². The molecule has 0 fully saturated rings. The van der Waals surface area contributed by atoms with Crippen LogP contribution in [0.2, 0.25) is 0 Å². The first-order chi connectivity index (χ1) is 5.11. The molecule has 0 atom stereocenters. The maximum Gasteiger partial charge on any atom is 0.146 e. The Kier molecular flexibility index (Phi) is 2.09. The van der Waals surface area contributed by atoms with E-state index in [2.05, 4.69) is 20.9 Å². The number of hydrogen-bond acceptors (Lipinski definition) is 3. The first-order valence-electron chi connectivity index (χ1n) is 2.80. The highest BCUT2D eigenvalue weighted by Crippen LogP contribution is 2.18. The van der Waals surface area contributed by atoms with Crippen LogP contribution in [0.25, 0.3) is 0 Å². The zero-order valence-electron chi connectivity index (χ0n) is 5.50. The lowest BCUT2D eigenvalue weighted by molar-refractivity contribution is 0.470. The summed E-state index contributed by atoms with van der Waals surface area (Å²) in [6, 6.07) is 1.43. The summed E-state index contributed by atoms with van der Waals surface area (Å²) in [5, 5.41) is 16.1. The fourth-order valence-electron chi connectivity index (χ4n) is 0.636. The molecule has 4 N–H and O–H groups in total. The second-order valence-electron chi connectivity index (χ2n) is 1.93. The van der Waals surface area contributed by atoms with Gasteiger partial charge in [0.15, 0.2) is 0 Å². The quantitative estimate of drug-likeness (QED) is 0.480. The van der Waals surface area contributed by atoms with Gasteiger partial charge in [0.25, 0.3) is 0 Å². The molecule has 0 aliphatic heterocycles. The Labute approximate surface area is 71.7 Å². The first kappa shape index (κ1) is 8.00. The number of rotatable bonds is 1. The summed E-state index contributed by atoms with van der Waals surface area (Å²) in [6.07, 6.45) is 1.47. The molecule has 0 radical (unpaired) electrons. The molecular formula is C6H6BrN3O. The molecule has 1 rings (SSSR count). The Hall–Kier alpha value is -1.10. The van der Waals surface area contributed by atoms with Crippen LogP contribution in [-0.4, -0.2) is 15.9 Å². The number of nitrogen functional groups attached to an aromatic ring is 1. The predicted octanol–water partition coefficient (Wildman–Crippen LogP) is 0.834. The van der Waals surface area contributed by atoms with E-state index in [4.69, 9.17) is 16.2 Å². The van der Waals surface area contributed by atoms with Crippen molar-refractivity contribution in [2.75, 3.05) is 0 Å². The summed E-state index contributed by atoms with van der Waals surface area (Å²) >= 11 is 3.11. The molecule has 0 spiro atoms. The minimum Gasteiger partial charge on any atom is -0.505 e. The number of nitrogens with zero attached hydrogens (tertiary/aromatic N) is 1. The summed E-state index contributed by atoms with van der Waals surface area (Å²) in [5.41, 5.74) is 5.21. The van der Waals surface area contributed by atoms with Gasteiger partial charge in [0.1, 0.15) is 17.3 Å². The maximum absolute atomic E-state index is 9.15. The van der Waals surface area contributed by atoms with Crippen molar-refractivity contribution in [1.82, 2.24) is 4.98 Å². The van der Waals surface area contributed by atoms with E-state index in [-0.39, 0.29) is 17.3 Å². The monoisotopic (exact) mass is 215 g/mol. The average Bonchev–Trinajstić information content (AvgIpc) is 1.85. The van der Waals surface area contributed by atoms with Gasteiger partial charge in [0.05, 0.1) is 0 Å². The molecule has 0 amide bonds. The summed E-state index contributed by atoms with van der Waals surface area (Å²) in [5.74, 6) is -0.332. The number of nitrogens with one attached hydrogen (secondary N) is 1. The van der Waals surface area contributed by atoms with Crippen molar-refractivity contribution >= 4 is 21.8 Å². The molecule has 0 aliphatic rings. The molecule has 4 nitrogen and oxygen atoms in total. The first-order valence-corrected chi connectivity index (χ1v) is 3.59. The van der Waals surface area contributed by atoms with Gasteiger partial charge in [0, 0.05) is 10.7 Å². The minimum atomic E-state index is -0.241. The number of amidine groups is 1. The Morgan fingerprint density at radius 3 is 2.82 bits per heavy atom. The SMILES string of the molecule is N=C(N)c1ncc(Br)cc1O. The third-order valence-corrected chi connectivity index (χ3v) is 1.52. The van der Waals surface area contributed by atoms with Crippen LogP contribution >= 0.6 is 15.9 Å². The van der Waals surface area contributed by atoms with E-state index in [1.807, 2.05) is 0 Å². The van der Waals surface area contributed by atoms with Crippen molar-refractivity contribution in [2.45, 2.75) is 0 Å². The van der Waals surface area contributed by atoms with Gasteiger partial charge in [0.2, 0.25) is 0 Å². The van der Waals surface area contributed by atoms with Crippen LogP contribution in [0.5, 0.6) is 5.75 Å². The summed E-state index contributed by atoms with van der Waals surface area (Å²) in [7, 11) is 0. The van der Waals surface area contributed by atoms with Gasteiger partial charge >= 0.3 is 0 Å².